The molecule has 1 saturated heterocycles. The topological polar surface area (TPSA) is 78.9 Å². The lowest BCUT2D eigenvalue weighted by atomic mass is 10.2. The molecule has 1 atom stereocenters. The molecule has 0 radical (unpaired) electrons. The molecule has 0 amide bonds. The molecule has 2 aliphatic rings. The number of fused-ring (bicyclic) bond motifs is 1. The fourth-order valence-electron chi connectivity index (χ4n) is 2.65. The minimum absolute atomic E-state index is 0.276. The van der Waals surface area contributed by atoms with Crippen LogP contribution in [0.1, 0.15) is 37.4 Å². The number of hydrogen-bond donors (Lipinski definition) is 1. The first-order valence-corrected chi connectivity index (χ1v) is 6.91. The fourth-order valence-corrected chi connectivity index (χ4v) is 2.65. The molecular weight excluding hydrogens is 242 g/mol. The molecular formula is C13H17N5O. The molecule has 19 heavy (non-hydrogen) atoms. The Hall–Kier alpha value is -1.69. The molecule has 6 nitrogen and oxygen atoms in total. The Morgan fingerprint density at radius 1 is 1.32 bits per heavy atom. The van der Waals surface area contributed by atoms with E-state index >= 15 is 0 Å². The van der Waals surface area contributed by atoms with E-state index < -0.39 is 0 Å². The van der Waals surface area contributed by atoms with Crippen LogP contribution in [0.2, 0.25) is 0 Å². The predicted octanol–water partition coefficient (Wildman–Crippen LogP) is 1.46. The first-order chi connectivity index (χ1) is 9.31. The Morgan fingerprint density at radius 2 is 2.21 bits per heavy atom. The van der Waals surface area contributed by atoms with Crippen LogP contribution in [-0.4, -0.2) is 32.2 Å². The van der Waals surface area contributed by atoms with Crippen molar-refractivity contribution in [3.05, 3.63) is 12.2 Å². The zero-order valence-electron chi connectivity index (χ0n) is 10.7. The van der Waals surface area contributed by atoms with Gasteiger partial charge in [-0.15, -0.1) is 0 Å². The Labute approximate surface area is 111 Å². The molecule has 2 N–H and O–H groups in total. The average molecular weight is 259 g/mol. The van der Waals surface area contributed by atoms with E-state index in [1.165, 1.54) is 12.8 Å². The highest BCUT2D eigenvalue weighted by Crippen LogP contribution is 2.39. The number of ether oxygens (including phenoxy) is 1. The second-order valence-electron chi connectivity index (χ2n) is 5.45. The summed E-state index contributed by atoms with van der Waals surface area (Å²) in [6, 6.07) is 0. The first kappa shape index (κ1) is 11.2. The summed E-state index contributed by atoms with van der Waals surface area (Å²) >= 11 is 0. The Kier molecular flexibility index (Phi) is 2.44. The molecule has 6 heteroatoms. The number of imidazole rings is 1. The molecule has 0 bridgehead atoms. The summed E-state index contributed by atoms with van der Waals surface area (Å²) in [7, 11) is 0. The highest BCUT2D eigenvalue weighted by molar-refractivity contribution is 5.81. The van der Waals surface area contributed by atoms with Gasteiger partial charge in [-0.25, -0.2) is 15.0 Å². The van der Waals surface area contributed by atoms with Gasteiger partial charge in [0.05, 0.1) is 19.0 Å². The molecule has 1 aliphatic carbocycles. The van der Waals surface area contributed by atoms with Gasteiger partial charge in [0.2, 0.25) is 0 Å². The molecule has 4 rings (SSSR count). The normalized spacial score (nSPS) is 23.3. The third-order valence-corrected chi connectivity index (χ3v) is 3.87. The smallest absolute Gasteiger partial charge is 0.165 e. The van der Waals surface area contributed by atoms with Gasteiger partial charge in [-0.2, -0.15) is 0 Å². The van der Waals surface area contributed by atoms with Gasteiger partial charge in [-0.3, -0.25) is 0 Å². The Morgan fingerprint density at radius 3 is 2.95 bits per heavy atom. The van der Waals surface area contributed by atoms with Crippen molar-refractivity contribution in [3.63, 3.8) is 0 Å². The van der Waals surface area contributed by atoms with Crippen molar-refractivity contribution in [2.45, 2.75) is 44.2 Å². The summed E-state index contributed by atoms with van der Waals surface area (Å²) in [6.45, 7) is 1.67. The average Bonchev–Trinajstić information content (AvgIpc) is 2.99. The number of hydrogen-bond acceptors (Lipinski definition) is 5. The van der Waals surface area contributed by atoms with Crippen molar-refractivity contribution < 1.29 is 4.74 Å². The summed E-state index contributed by atoms with van der Waals surface area (Å²) in [4.78, 5) is 13.4. The maximum absolute atomic E-state index is 5.99. The van der Waals surface area contributed by atoms with E-state index in [-0.39, 0.29) is 6.10 Å². The molecule has 2 aromatic heterocycles. The van der Waals surface area contributed by atoms with Gasteiger partial charge in [-0.05, 0) is 25.7 Å². The SMILES string of the molecule is Nc1nc(C2CC2)nc2c1ncn2C[C@H]1CCCO1. The quantitative estimate of drug-likeness (QED) is 0.902. The lowest BCUT2D eigenvalue weighted by Gasteiger charge is -2.10. The molecule has 0 unspecified atom stereocenters. The van der Waals surface area contributed by atoms with Crippen LogP contribution in [0.25, 0.3) is 11.2 Å². The lowest BCUT2D eigenvalue weighted by molar-refractivity contribution is 0.0977. The number of nitrogens with two attached hydrogens (primary N) is 1. The largest absolute Gasteiger partial charge is 0.382 e. The number of nitrogen functional groups attached to an aromatic ring is 1. The maximum Gasteiger partial charge on any atom is 0.165 e. The molecule has 0 spiro atoms. The summed E-state index contributed by atoms with van der Waals surface area (Å²) in [5.41, 5.74) is 7.55. The second-order valence-corrected chi connectivity index (χ2v) is 5.45. The van der Waals surface area contributed by atoms with Crippen LogP contribution in [0, 0.1) is 0 Å². The van der Waals surface area contributed by atoms with Crippen LogP contribution >= 0.6 is 0 Å². The number of aromatic nitrogens is 4. The molecule has 100 valence electrons. The lowest BCUT2D eigenvalue weighted by Crippen LogP contribution is -2.15. The van der Waals surface area contributed by atoms with Crippen LogP contribution in [0.4, 0.5) is 5.82 Å². The summed E-state index contributed by atoms with van der Waals surface area (Å²) in [5.74, 6) is 1.87. The fraction of sp³-hybridized carbons (Fsp3) is 0.615. The molecule has 1 aliphatic heterocycles. The molecule has 1 saturated carbocycles. The molecule has 3 heterocycles. The second kappa shape index (κ2) is 4.16. The van der Waals surface area contributed by atoms with Crippen molar-refractivity contribution in [1.29, 1.82) is 0 Å². The first-order valence-electron chi connectivity index (χ1n) is 6.91. The van der Waals surface area contributed by atoms with E-state index in [9.17, 15) is 0 Å². The minimum Gasteiger partial charge on any atom is -0.382 e. The molecule has 2 aromatic rings. The Bertz CT molecular complexity index is 613. The van der Waals surface area contributed by atoms with Gasteiger partial charge in [0, 0.05) is 12.5 Å². The van der Waals surface area contributed by atoms with E-state index in [1.54, 1.807) is 6.33 Å². The highest BCUT2D eigenvalue weighted by atomic mass is 16.5. The molecule has 2 fully saturated rings. The zero-order valence-corrected chi connectivity index (χ0v) is 10.7. The maximum atomic E-state index is 5.99. The van der Waals surface area contributed by atoms with Crippen molar-refractivity contribution in [2.75, 3.05) is 12.3 Å². The number of rotatable bonds is 3. The van der Waals surface area contributed by atoms with Gasteiger partial charge >= 0.3 is 0 Å². The van der Waals surface area contributed by atoms with E-state index in [2.05, 4.69) is 19.5 Å². The van der Waals surface area contributed by atoms with E-state index in [0.717, 1.165) is 37.5 Å². The molecule has 0 aromatic carbocycles. The zero-order chi connectivity index (χ0) is 12.8. The van der Waals surface area contributed by atoms with Gasteiger partial charge < -0.3 is 15.0 Å². The van der Waals surface area contributed by atoms with Crippen LogP contribution in [0.5, 0.6) is 0 Å². The van der Waals surface area contributed by atoms with Gasteiger partial charge in [0.15, 0.2) is 11.5 Å². The predicted molar refractivity (Wildman–Crippen MR) is 70.7 cm³/mol. The standard InChI is InChI=1S/C13H17N5O/c14-11-10-13(17-12(16-11)8-3-4-8)18(7-15-10)6-9-2-1-5-19-9/h7-9H,1-6H2,(H2,14,16,17)/t9-/m1/s1. The van der Waals surface area contributed by atoms with Gasteiger partial charge in [0.1, 0.15) is 11.3 Å². The van der Waals surface area contributed by atoms with Gasteiger partial charge in [0.25, 0.3) is 0 Å². The van der Waals surface area contributed by atoms with Crippen molar-refractivity contribution in [2.24, 2.45) is 0 Å². The highest BCUT2D eigenvalue weighted by Gasteiger charge is 2.28. The third kappa shape index (κ3) is 1.96. The van der Waals surface area contributed by atoms with E-state index in [4.69, 9.17) is 10.5 Å². The Balaban J connectivity index is 1.73. The monoisotopic (exact) mass is 259 g/mol. The summed E-state index contributed by atoms with van der Waals surface area (Å²) in [6.07, 6.45) is 6.67. The summed E-state index contributed by atoms with van der Waals surface area (Å²) < 4.78 is 7.72. The van der Waals surface area contributed by atoms with Crippen molar-refractivity contribution >= 4 is 17.0 Å². The van der Waals surface area contributed by atoms with Gasteiger partial charge in [-0.1, -0.05) is 0 Å². The van der Waals surface area contributed by atoms with Crippen LogP contribution < -0.4 is 5.73 Å². The van der Waals surface area contributed by atoms with Crippen LogP contribution in [0.3, 0.4) is 0 Å². The van der Waals surface area contributed by atoms with Crippen molar-refractivity contribution in [3.8, 4) is 0 Å². The number of nitrogens with zero attached hydrogens (tertiary/aromatic N) is 4. The van der Waals surface area contributed by atoms with Crippen molar-refractivity contribution in [1.82, 2.24) is 19.5 Å². The van der Waals surface area contributed by atoms with Crippen LogP contribution in [-0.2, 0) is 11.3 Å². The number of anilines is 1. The van der Waals surface area contributed by atoms with Crippen LogP contribution in [0.15, 0.2) is 6.33 Å². The third-order valence-electron chi connectivity index (χ3n) is 3.87. The summed E-state index contributed by atoms with van der Waals surface area (Å²) in [5, 5.41) is 0. The van der Waals surface area contributed by atoms with E-state index in [0.29, 0.717) is 17.3 Å². The minimum atomic E-state index is 0.276. The van der Waals surface area contributed by atoms with E-state index in [1.807, 2.05) is 0 Å².